The van der Waals surface area contributed by atoms with Gasteiger partial charge >= 0.3 is 0 Å². The molecule has 142 heavy (non-hydrogen) atoms. The molecule has 4 aliphatic carbocycles. The third-order valence-electron chi connectivity index (χ3n) is 33.3. The Balaban J connectivity index is 0.000000139. The molecule has 25 aromatic carbocycles. The van der Waals surface area contributed by atoms with E-state index < -0.39 is 0 Å². The molecule has 0 heteroatoms. The van der Waals surface area contributed by atoms with Crippen molar-refractivity contribution < 1.29 is 0 Å². The molecule has 0 aromatic heterocycles. The third-order valence-corrected chi connectivity index (χ3v) is 33.3. The first-order valence-corrected chi connectivity index (χ1v) is 50.4. The molecule has 25 aromatic rings. The predicted molar refractivity (Wildman–Crippen MR) is 607 cm³/mol. The van der Waals surface area contributed by atoms with Gasteiger partial charge in [-0.1, -0.05) is 474 Å². The van der Waals surface area contributed by atoms with Crippen LogP contribution < -0.4 is 0 Å². The number of benzene rings is 25. The molecule has 0 fully saturated rings. The van der Waals surface area contributed by atoms with Crippen LogP contribution in [0, 0.1) is 0 Å². The summed E-state index contributed by atoms with van der Waals surface area (Å²) >= 11 is 0. The van der Waals surface area contributed by atoms with Crippen LogP contribution in [-0.2, 0) is 21.7 Å². The van der Waals surface area contributed by atoms with Crippen molar-refractivity contribution in [3.63, 3.8) is 0 Å². The van der Waals surface area contributed by atoms with Gasteiger partial charge in [0.15, 0.2) is 0 Å². The highest BCUT2D eigenvalue weighted by molar-refractivity contribution is 6.29. The maximum absolute atomic E-state index is 2.53. The molecule has 0 saturated carbocycles. The van der Waals surface area contributed by atoms with Gasteiger partial charge in [-0.15, -0.1) is 0 Å². The van der Waals surface area contributed by atoms with E-state index in [4.69, 9.17) is 0 Å². The summed E-state index contributed by atoms with van der Waals surface area (Å²) < 4.78 is 0. The van der Waals surface area contributed by atoms with E-state index in [1.807, 2.05) is 0 Å². The van der Waals surface area contributed by atoms with Crippen molar-refractivity contribution in [3.8, 4) is 145 Å². The maximum Gasteiger partial charge on any atom is 0.0159 e. The highest BCUT2D eigenvalue weighted by atomic mass is 14.4. The Labute approximate surface area is 828 Å². The average molecular weight is 1810 g/mol. The van der Waals surface area contributed by atoms with Gasteiger partial charge in [-0.2, -0.15) is 0 Å². The summed E-state index contributed by atoms with van der Waals surface area (Å²) in [6, 6.07) is 175. The standard InChI is InChI=1S/C74H52.C68H48/c1-73(2)65-27-15-13-19-53(65)55-38-36-51(43-67(55)73)71-61-25-11-12-26-62(61)72(52-37-39-56-54-20-14-16-28-66(54)74(3,4)68(56)44-52)64-42-49(35-40-63(64)71)46-29-32-47(33-30-46)69-57-21-7-9-23-59(57)70(60-24-10-8-22-58(60)69)50-34-31-45-17-5-6-18-48(45)41-50;1-67(2)59-30-15-13-21-46(59)48-35-32-43(39-61(48)67)64-51-23-7-8-24-52(51)65(44-33-36-49-47-22-14-16-31-60(47)68(3,4)62(49)40-44)58-38-42(34-37-57(58)64)63-53-25-9-11-27-55(53)66(56-28-12-10-26-54(56)63)50-29-17-19-41-18-5-6-20-45(41)50/h5-44H,1-4H3;5-40H,1-4H3. The lowest BCUT2D eigenvalue weighted by Gasteiger charge is -2.24. The number of fused-ring (bicyclic) bond motifs is 22. The first-order valence-electron chi connectivity index (χ1n) is 50.4. The third kappa shape index (κ3) is 12.3. The number of hydrogen-bond donors (Lipinski definition) is 0. The van der Waals surface area contributed by atoms with Gasteiger partial charge in [-0.3, -0.25) is 0 Å². The van der Waals surface area contributed by atoms with Crippen LogP contribution in [0.4, 0.5) is 0 Å². The molecule has 0 amide bonds. The molecule has 0 atom stereocenters. The molecular formula is C142H100. The maximum atomic E-state index is 2.53. The molecular weight excluding hydrogens is 1710 g/mol. The van der Waals surface area contributed by atoms with Gasteiger partial charge in [-0.25, -0.2) is 0 Å². The van der Waals surface area contributed by atoms with Gasteiger partial charge in [0, 0.05) is 21.7 Å². The minimum atomic E-state index is -0.128. The van der Waals surface area contributed by atoms with E-state index in [2.05, 4.69) is 516 Å². The van der Waals surface area contributed by atoms with Crippen LogP contribution in [0.25, 0.3) is 252 Å². The summed E-state index contributed by atoms with van der Waals surface area (Å²) in [5.74, 6) is 0. The lowest BCUT2D eigenvalue weighted by atomic mass is 9.79. The van der Waals surface area contributed by atoms with Crippen molar-refractivity contribution in [1.29, 1.82) is 0 Å². The van der Waals surface area contributed by atoms with E-state index >= 15 is 0 Å². The summed E-state index contributed by atoms with van der Waals surface area (Å²) in [6.07, 6.45) is 0. The Hall–Kier alpha value is -16.9. The largest absolute Gasteiger partial charge is 0.0619 e. The molecule has 0 spiro atoms. The zero-order chi connectivity index (χ0) is 94.9. The second-order valence-electron chi connectivity index (χ2n) is 42.2. The molecule has 0 saturated heterocycles. The predicted octanol–water partition coefficient (Wildman–Crippen LogP) is 39.1. The minimum Gasteiger partial charge on any atom is -0.0619 e. The van der Waals surface area contributed by atoms with Crippen LogP contribution in [-0.4, -0.2) is 0 Å². The lowest BCUT2D eigenvalue weighted by molar-refractivity contribution is 0.660. The van der Waals surface area contributed by atoms with E-state index in [9.17, 15) is 0 Å². The second-order valence-corrected chi connectivity index (χ2v) is 42.2. The summed E-state index contributed by atoms with van der Waals surface area (Å²) in [6.45, 7) is 19.1. The summed E-state index contributed by atoms with van der Waals surface area (Å²) in [4.78, 5) is 0. The SMILES string of the molecule is CC1(C)c2ccccc2-c2ccc(-c3c4ccccc4c(-c4ccc5c(c4)C(C)(C)c4ccccc4-5)c4cc(-c5c6ccccc6c(-c6cccc7ccccc67)c6ccccc56)ccc34)cc21.CC1(C)c2ccccc2-c2ccc(-c3c4ccccc4c(-c4ccc5c(c4)C(C)(C)c4ccccc4-5)c4cc(-c5ccc(-c6c7ccccc7c(-c7ccc8ccccc8c7)c7ccccc67)cc5)ccc34)cc21. The Morgan fingerprint density at radius 3 is 0.676 bits per heavy atom. The van der Waals surface area contributed by atoms with Crippen molar-refractivity contribution >= 4 is 108 Å². The van der Waals surface area contributed by atoms with Crippen LogP contribution >= 0.6 is 0 Å². The highest BCUT2D eigenvalue weighted by Crippen LogP contribution is 2.60. The van der Waals surface area contributed by atoms with E-state index in [1.54, 1.807) is 0 Å². The van der Waals surface area contributed by atoms with E-state index in [0.29, 0.717) is 0 Å². The molecule has 29 rings (SSSR count). The summed E-state index contributed by atoms with van der Waals surface area (Å²) in [7, 11) is 0. The first-order chi connectivity index (χ1) is 69.5. The van der Waals surface area contributed by atoms with Crippen LogP contribution in [0.1, 0.15) is 99.9 Å². The zero-order valence-electron chi connectivity index (χ0n) is 80.9. The minimum absolute atomic E-state index is 0.112. The molecule has 0 aliphatic heterocycles. The van der Waals surface area contributed by atoms with Crippen molar-refractivity contribution in [3.05, 3.63) is 506 Å². The van der Waals surface area contributed by atoms with Crippen molar-refractivity contribution in [2.75, 3.05) is 0 Å². The fraction of sp³-hybridized carbons (Fsp3) is 0.0845. The Morgan fingerprint density at radius 2 is 0.317 bits per heavy atom. The fourth-order valence-electron chi connectivity index (χ4n) is 26.5. The first kappa shape index (κ1) is 83.3. The molecule has 0 unspecified atom stereocenters. The molecule has 0 N–H and O–H groups in total. The Bertz CT molecular complexity index is 9660. The van der Waals surface area contributed by atoms with Crippen molar-refractivity contribution in [1.82, 2.24) is 0 Å². The van der Waals surface area contributed by atoms with Gasteiger partial charge in [-0.05, 0) is 339 Å². The van der Waals surface area contributed by atoms with Crippen LogP contribution in [0.2, 0.25) is 0 Å². The van der Waals surface area contributed by atoms with E-state index in [-0.39, 0.29) is 21.7 Å². The number of rotatable bonds is 9. The Kier molecular flexibility index (Phi) is 18.4. The molecule has 668 valence electrons. The van der Waals surface area contributed by atoms with E-state index in [1.165, 1.54) is 297 Å². The van der Waals surface area contributed by atoms with Gasteiger partial charge in [0.2, 0.25) is 0 Å². The van der Waals surface area contributed by atoms with Crippen LogP contribution in [0.3, 0.4) is 0 Å². The van der Waals surface area contributed by atoms with Gasteiger partial charge in [0.25, 0.3) is 0 Å². The lowest BCUT2D eigenvalue weighted by Crippen LogP contribution is -2.15. The van der Waals surface area contributed by atoms with Gasteiger partial charge in [0.05, 0.1) is 0 Å². The van der Waals surface area contributed by atoms with Crippen LogP contribution in [0.5, 0.6) is 0 Å². The molecule has 0 bridgehead atoms. The Morgan fingerprint density at radius 1 is 0.106 bits per heavy atom. The van der Waals surface area contributed by atoms with Crippen molar-refractivity contribution in [2.45, 2.75) is 77.0 Å². The normalized spacial score (nSPS) is 14.0. The summed E-state index contributed by atoms with van der Waals surface area (Å²) in [5, 5.41) is 25.3. The topological polar surface area (TPSA) is 0 Å². The second kappa shape index (κ2) is 31.3. The molecule has 0 heterocycles. The zero-order valence-corrected chi connectivity index (χ0v) is 80.9. The van der Waals surface area contributed by atoms with E-state index in [0.717, 1.165) is 0 Å². The van der Waals surface area contributed by atoms with Crippen molar-refractivity contribution in [2.24, 2.45) is 0 Å². The molecule has 0 nitrogen and oxygen atoms in total. The smallest absolute Gasteiger partial charge is 0.0159 e. The van der Waals surface area contributed by atoms with Crippen LogP contribution in [0.15, 0.2) is 461 Å². The van der Waals surface area contributed by atoms with Gasteiger partial charge in [0.1, 0.15) is 0 Å². The fourth-order valence-corrected chi connectivity index (χ4v) is 26.5. The monoisotopic (exact) mass is 1800 g/mol. The quantitative estimate of drug-likeness (QED) is 0.126. The molecule has 4 aliphatic rings. The summed E-state index contributed by atoms with van der Waals surface area (Å²) in [5.41, 5.74) is 44.0. The molecule has 0 radical (unpaired) electrons. The average Bonchev–Trinajstić information content (AvgIpc) is 1.42. The van der Waals surface area contributed by atoms with Gasteiger partial charge < -0.3 is 0 Å². The number of hydrogen-bond acceptors (Lipinski definition) is 0. The highest BCUT2D eigenvalue weighted by Gasteiger charge is 2.41.